The molecule has 88 valence electrons. The Morgan fingerprint density at radius 1 is 0.778 bits per heavy atom. The molecule has 18 heavy (non-hydrogen) atoms. The van der Waals surface area contributed by atoms with E-state index in [1.165, 1.54) is 5.56 Å². The maximum Gasteiger partial charge on any atom is 0.128 e. The van der Waals surface area contributed by atoms with Gasteiger partial charge in [-0.15, -0.1) is 0 Å². The Morgan fingerprint density at radius 3 is 2.11 bits per heavy atom. The highest BCUT2D eigenvalue weighted by atomic mass is 79.9. The molecule has 0 fully saturated rings. The lowest BCUT2D eigenvalue weighted by molar-refractivity contribution is 1.04. The lowest BCUT2D eigenvalue weighted by Gasteiger charge is -2.05. The van der Waals surface area contributed by atoms with Crippen LogP contribution in [0.25, 0.3) is 11.0 Å². The van der Waals surface area contributed by atoms with Gasteiger partial charge in [0.15, 0.2) is 0 Å². The fourth-order valence-corrected chi connectivity index (χ4v) is 2.34. The van der Waals surface area contributed by atoms with E-state index in [0.717, 1.165) is 27.8 Å². The van der Waals surface area contributed by atoms with Crippen LogP contribution >= 0.6 is 15.9 Å². The van der Waals surface area contributed by atoms with Crippen molar-refractivity contribution in [3.63, 3.8) is 0 Å². The molecule has 0 N–H and O–H groups in total. The van der Waals surface area contributed by atoms with Crippen LogP contribution in [0.5, 0.6) is 0 Å². The van der Waals surface area contributed by atoms with E-state index in [4.69, 9.17) is 0 Å². The Morgan fingerprint density at radius 2 is 1.39 bits per heavy atom. The van der Waals surface area contributed by atoms with E-state index in [1.54, 1.807) is 0 Å². The third kappa shape index (κ3) is 2.27. The highest BCUT2D eigenvalue weighted by molar-refractivity contribution is 9.10. The number of benzene rings is 2. The van der Waals surface area contributed by atoms with Crippen molar-refractivity contribution >= 4 is 27.0 Å². The first-order valence-electron chi connectivity index (χ1n) is 5.78. The van der Waals surface area contributed by atoms with Crippen molar-refractivity contribution in [3.05, 3.63) is 70.5 Å². The molecule has 0 aliphatic carbocycles. The molecule has 0 aliphatic rings. The zero-order valence-corrected chi connectivity index (χ0v) is 11.3. The van der Waals surface area contributed by atoms with Gasteiger partial charge >= 0.3 is 0 Å². The van der Waals surface area contributed by atoms with Crippen LogP contribution in [-0.4, -0.2) is 9.97 Å². The van der Waals surface area contributed by atoms with E-state index in [9.17, 15) is 0 Å². The molecule has 1 heterocycles. The summed E-state index contributed by atoms with van der Waals surface area (Å²) in [5.41, 5.74) is 4.07. The molecule has 3 heteroatoms. The van der Waals surface area contributed by atoms with Gasteiger partial charge in [0.1, 0.15) is 4.60 Å². The van der Waals surface area contributed by atoms with Gasteiger partial charge in [0.25, 0.3) is 0 Å². The molecule has 0 atom stereocenters. The first kappa shape index (κ1) is 11.4. The Hall–Kier alpha value is -1.74. The molecule has 0 radical (unpaired) electrons. The summed E-state index contributed by atoms with van der Waals surface area (Å²) in [6.45, 7) is 0. The SMILES string of the molecule is Brc1nc2ccccc2nc1Cc1ccccc1. The molecule has 2 nitrogen and oxygen atoms in total. The van der Waals surface area contributed by atoms with Gasteiger partial charge < -0.3 is 0 Å². The van der Waals surface area contributed by atoms with E-state index in [2.05, 4.69) is 38.0 Å². The van der Waals surface area contributed by atoms with Crippen molar-refractivity contribution in [1.82, 2.24) is 9.97 Å². The standard InChI is InChI=1S/C15H11BrN2/c16-15-14(10-11-6-2-1-3-7-11)17-12-8-4-5-9-13(12)18-15/h1-9H,10H2. The molecule has 0 amide bonds. The van der Waals surface area contributed by atoms with Gasteiger partial charge in [-0.05, 0) is 33.6 Å². The van der Waals surface area contributed by atoms with Gasteiger partial charge in [0.2, 0.25) is 0 Å². The molecule has 0 bridgehead atoms. The van der Waals surface area contributed by atoms with Crippen molar-refractivity contribution < 1.29 is 0 Å². The van der Waals surface area contributed by atoms with Gasteiger partial charge in [-0.3, -0.25) is 0 Å². The topological polar surface area (TPSA) is 25.8 Å². The first-order chi connectivity index (χ1) is 8.83. The van der Waals surface area contributed by atoms with E-state index in [1.807, 2.05) is 42.5 Å². The second-order valence-electron chi connectivity index (χ2n) is 4.11. The van der Waals surface area contributed by atoms with Crippen molar-refractivity contribution in [1.29, 1.82) is 0 Å². The number of para-hydroxylation sites is 2. The lowest BCUT2D eigenvalue weighted by atomic mass is 10.1. The smallest absolute Gasteiger partial charge is 0.128 e. The van der Waals surface area contributed by atoms with E-state index in [0.29, 0.717) is 0 Å². The van der Waals surface area contributed by atoms with Gasteiger partial charge in [0.05, 0.1) is 16.7 Å². The summed E-state index contributed by atoms with van der Waals surface area (Å²) in [6.07, 6.45) is 0.791. The number of hydrogen-bond donors (Lipinski definition) is 0. The quantitative estimate of drug-likeness (QED) is 0.715. The monoisotopic (exact) mass is 298 g/mol. The van der Waals surface area contributed by atoms with Crippen LogP contribution in [0, 0.1) is 0 Å². The number of rotatable bonds is 2. The first-order valence-corrected chi connectivity index (χ1v) is 6.57. The molecule has 0 spiro atoms. The molecule has 0 aliphatic heterocycles. The number of fused-ring (bicyclic) bond motifs is 1. The fourth-order valence-electron chi connectivity index (χ4n) is 1.92. The van der Waals surface area contributed by atoms with Crippen molar-refractivity contribution in [2.75, 3.05) is 0 Å². The molecular formula is C15H11BrN2. The lowest BCUT2D eigenvalue weighted by Crippen LogP contribution is -1.97. The Bertz CT molecular complexity index is 680. The summed E-state index contributed by atoms with van der Waals surface area (Å²) in [4.78, 5) is 9.19. The minimum absolute atomic E-state index is 0.791. The van der Waals surface area contributed by atoms with Crippen LogP contribution in [0.2, 0.25) is 0 Å². The number of halogens is 1. The van der Waals surface area contributed by atoms with Crippen molar-refractivity contribution in [2.45, 2.75) is 6.42 Å². The third-order valence-corrected chi connectivity index (χ3v) is 3.44. The summed E-state index contributed by atoms with van der Waals surface area (Å²) < 4.78 is 0.824. The molecule has 2 aromatic carbocycles. The summed E-state index contributed by atoms with van der Waals surface area (Å²) in [6, 6.07) is 18.2. The summed E-state index contributed by atoms with van der Waals surface area (Å²) in [7, 11) is 0. The number of nitrogens with zero attached hydrogens (tertiary/aromatic N) is 2. The maximum atomic E-state index is 4.66. The highest BCUT2D eigenvalue weighted by Crippen LogP contribution is 2.19. The zero-order chi connectivity index (χ0) is 12.4. The second kappa shape index (κ2) is 4.86. The molecule has 0 unspecified atom stereocenters. The zero-order valence-electron chi connectivity index (χ0n) is 9.68. The van der Waals surface area contributed by atoms with Crippen molar-refractivity contribution in [3.8, 4) is 0 Å². The van der Waals surface area contributed by atoms with Gasteiger partial charge in [0, 0.05) is 6.42 Å². The minimum Gasteiger partial charge on any atom is -0.248 e. The predicted molar refractivity (Wildman–Crippen MR) is 76.5 cm³/mol. The summed E-state index contributed by atoms with van der Waals surface area (Å²) >= 11 is 3.50. The van der Waals surface area contributed by atoms with Crippen LogP contribution in [0.4, 0.5) is 0 Å². The van der Waals surface area contributed by atoms with Crippen LogP contribution in [-0.2, 0) is 6.42 Å². The van der Waals surface area contributed by atoms with Crippen molar-refractivity contribution in [2.24, 2.45) is 0 Å². The Labute approximate surface area is 114 Å². The van der Waals surface area contributed by atoms with Crippen LogP contribution in [0.3, 0.4) is 0 Å². The molecule has 3 rings (SSSR count). The van der Waals surface area contributed by atoms with Gasteiger partial charge in [-0.2, -0.15) is 0 Å². The minimum atomic E-state index is 0.791. The largest absolute Gasteiger partial charge is 0.248 e. The maximum absolute atomic E-state index is 4.66. The third-order valence-electron chi connectivity index (χ3n) is 2.81. The second-order valence-corrected chi connectivity index (χ2v) is 4.86. The average Bonchev–Trinajstić information content (AvgIpc) is 2.41. The van der Waals surface area contributed by atoms with Gasteiger partial charge in [-0.1, -0.05) is 42.5 Å². The number of aromatic nitrogens is 2. The average molecular weight is 299 g/mol. The number of hydrogen-bond acceptors (Lipinski definition) is 2. The fraction of sp³-hybridized carbons (Fsp3) is 0.0667. The van der Waals surface area contributed by atoms with Crippen LogP contribution in [0.1, 0.15) is 11.3 Å². The van der Waals surface area contributed by atoms with E-state index < -0.39 is 0 Å². The molecule has 0 saturated heterocycles. The summed E-state index contributed by atoms with van der Waals surface area (Å²) in [5.74, 6) is 0. The van der Waals surface area contributed by atoms with E-state index in [-0.39, 0.29) is 0 Å². The Balaban J connectivity index is 2.04. The van der Waals surface area contributed by atoms with Crippen LogP contribution < -0.4 is 0 Å². The molecular weight excluding hydrogens is 288 g/mol. The summed E-state index contributed by atoms with van der Waals surface area (Å²) in [5, 5.41) is 0. The normalized spacial score (nSPS) is 10.7. The highest BCUT2D eigenvalue weighted by Gasteiger charge is 2.06. The van der Waals surface area contributed by atoms with E-state index >= 15 is 0 Å². The molecule has 3 aromatic rings. The molecule has 0 saturated carbocycles. The molecule has 1 aromatic heterocycles. The van der Waals surface area contributed by atoms with Crippen LogP contribution in [0.15, 0.2) is 59.2 Å². The predicted octanol–water partition coefficient (Wildman–Crippen LogP) is 3.98. The Kier molecular flexibility index (Phi) is 3.07. The van der Waals surface area contributed by atoms with Gasteiger partial charge in [-0.25, -0.2) is 9.97 Å².